The van der Waals surface area contributed by atoms with E-state index >= 15 is 0 Å². The van der Waals surface area contributed by atoms with E-state index in [2.05, 4.69) is 20.6 Å². The van der Waals surface area contributed by atoms with Gasteiger partial charge in [-0.05, 0) is 6.42 Å². The molecule has 1 atom stereocenters. The highest BCUT2D eigenvalue weighted by Gasteiger charge is 2.20. The first-order valence-electron chi connectivity index (χ1n) is 5.53. The second-order valence-corrected chi connectivity index (χ2v) is 5.36. The molecule has 0 fully saturated rings. The third kappa shape index (κ3) is 3.58. The van der Waals surface area contributed by atoms with Crippen LogP contribution in [0, 0.1) is 12.3 Å². The lowest BCUT2D eigenvalue weighted by Crippen LogP contribution is -2.34. The first kappa shape index (κ1) is 13.7. The second-order valence-electron chi connectivity index (χ2n) is 3.68. The molecule has 94 valence electrons. The highest BCUT2D eigenvalue weighted by Crippen LogP contribution is 2.08. The van der Waals surface area contributed by atoms with Crippen molar-refractivity contribution in [3.8, 4) is 12.3 Å². The minimum absolute atomic E-state index is 0.0878. The Balaban J connectivity index is 2.84. The Labute approximate surface area is 102 Å². The first-order valence-corrected chi connectivity index (χ1v) is 7.01. The quantitative estimate of drug-likeness (QED) is 0.746. The Morgan fingerprint density at radius 2 is 2.29 bits per heavy atom. The standard InChI is InChI=1S/C11H17N3O2S/c1-4-7-9(5-2)14-17(15,16)11-8-12-10(6-3)13-11/h1,8-9,14H,5-7H2,2-3H3,(H,12,13). The maximum atomic E-state index is 12.0. The van der Waals surface area contributed by atoms with Gasteiger partial charge in [-0.3, -0.25) is 0 Å². The summed E-state index contributed by atoms with van der Waals surface area (Å²) in [6.45, 7) is 3.78. The molecule has 6 heteroatoms. The third-order valence-corrected chi connectivity index (χ3v) is 3.84. The molecule has 0 amide bonds. The normalized spacial score (nSPS) is 13.2. The lowest BCUT2D eigenvalue weighted by atomic mass is 10.2. The Morgan fingerprint density at radius 1 is 1.59 bits per heavy atom. The second kappa shape index (κ2) is 5.84. The predicted molar refractivity (Wildman–Crippen MR) is 65.8 cm³/mol. The molecular weight excluding hydrogens is 238 g/mol. The molecule has 17 heavy (non-hydrogen) atoms. The van der Waals surface area contributed by atoms with Crippen molar-refractivity contribution in [2.45, 2.75) is 44.2 Å². The molecule has 0 bridgehead atoms. The number of hydrogen-bond acceptors (Lipinski definition) is 3. The van der Waals surface area contributed by atoms with Gasteiger partial charge >= 0.3 is 0 Å². The number of imidazole rings is 1. The summed E-state index contributed by atoms with van der Waals surface area (Å²) in [4.78, 5) is 6.73. The smallest absolute Gasteiger partial charge is 0.257 e. The van der Waals surface area contributed by atoms with Gasteiger partial charge in [0.2, 0.25) is 0 Å². The third-order valence-electron chi connectivity index (χ3n) is 2.41. The van der Waals surface area contributed by atoms with Crippen LogP contribution in [0.4, 0.5) is 0 Å². The van der Waals surface area contributed by atoms with Crippen molar-refractivity contribution in [2.24, 2.45) is 0 Å². The predicted octanol–water partition coefficient (Wildman–Crippen LogP) is 1.05. The average Bonchev–Trinajstić information content (AvgIpc) is 2.77. The zero-order valence-corrected chi connectivity index (χ0v) is 10.8. The number of terminal acetylenes is 1. The summed E-state index contributed by atoms with van der Waals surface area (Å²) in [5.74, 6) is 3.10. The number of aromatic nitrogens is 2. The highest BCUT2D eigenvalue weighted by molar-refractivity contribution is 7.89. The maximum Gasteiger partial charge on any atom is 0.257 e. The summed E-state index contributed by atoms with van der Waals surface area (Å²) in [5, 5.41) is 0.0878. The van der Waals surface area contributed by atoms with Crippen LogP contribution in [-0.4, -0.2) is 24.4 Å². The molecule has 0 aliphatic rings. The van der Waals surface area contributed by atoms with Crippen molar-refractivity contribution < 1.29 is 8.42 Å². The summed E-state index contributed by atoms with van der Waals surface area (Å²) >= 11 is 0. The van der Waals surface area contributed by atoms with Gasteiger partial charge in [-0.2, -0.15) is 0 Å². The zero-order valence-electron chi connectivity index (χ0n) is 10.0. The van der Waals surface area contributed by atoms with Crippen molar-refractivity contribution in [1.82, 2.24) is 14.7 Å². The summed E-state index contributed by atoms with van der Waals surface area (Å²) < 4.78 is 26.5. The molecule has 0 aromatic carbocycles. The van der Waals surface area contributed by atoms with Gasteiger partial charge in [-0.15, -0.1) is 12.3 Å². The van der Waals surface area contributed by atoms with Crippen LogP contribution in [0.1, 0.15) is 32.5 Å². The highest BCUT2D eigenvalue weighted by atomic mass is 32.2. The fraction of sp³-hybridized carbons (Fsp3) is 0.545. The number of aryl methyl sites for hydroxylation is 1. The number of sulfonamides is 1. The fourth-order valence-electron chi connectivity index (χ4n) is 1.35. The van der Waals surface area contributed by atoms with Crippen LogP contribution in [0.25, 0.3) is 0 Å². The van der Waals surface area contributed by atoms with Crippen LogP contribution in [0.15, 0.2) is 11.2 Å². The van der Waals surface area contributed by atoms with Gasteiger partial charge in [0.25, 0.3) is 10.0 Å². The van der Waals surface area contributed by atoms with Crippen molar-refractivity contribution in [1.29, 1.82) is 0 Å². The van der Waals surface area contributed by atoms with Crippen molar-refractivity contribution >= 4 is 10.0 Å². The number of rotatable bonds is 6. The van der Waals surface area contributed by atoms with Crippen LogP contribution in [-0.2, 0) is 16.4 Å². The molecule has 0 aliphatic heterocycles. The van der Waals surface area contributed by atoms with E-state index in [1.165, 1.54) is 6.20 Å². The summed E-state index contributed by atoms with van der Waals surface area (Å²) in [5.41, 5.74) is 0. The van der Waals surface area contributed by atoms with Gasteiger partial charge in [0.1, 0.15) is 5.82 Å². The molecule has 0 radical (unpaired) electrons. The van der Waals surface area contributed by atoms with Crippen molar-refractivity contribution in [2.75, 3.05) is 0 Å². The Hall–Kier alpha value is -1.32. The largest absolute Gasteiger partial charge is 0.332 e. The molecule has 1 rings (SSSR count). The molecule has 0 aliphatic carbocycles. The molecular formula is C11H17N3O2S. The van der Waals surface area contributed by atoms with Gasteiger partial charge < -0.3 is 4.98 Å². The molecule has 5 nitrogen and oxygen atoms in total. The molecule has 1 aromatic heterocycles. The number of H-pyrrole nitrogens is 1. The van der Waals surface area contributed by atoms with E-state index in [4.69, 9.17) is 6.42 Å². The monoisotopic (exact) mass is 255 g/mol. The van der Waals surface area contributed by atoms with Gasteiger partial charge in [0.15, 0.2) is 5.03 Å². The molecule has 0 saturated carbocycles. The van der Waals surface area contributed by atoms with Crippen LogP contribution >= 0.6 is 0 Å². The van der Waals surface area contributed by atoms with E-state index in [0.29, 0.717) is 25.1 Å². The summed E-state index contributed by atoms with van der Waals surface area (Å²) in [7, 11) is -3.55. The van der Waals surface area contributed by atoms with Crippen LogP contribution in [0.5, 0.6) is 0 Å². The van der Waals surface area contributed by atoms with Gasteiger partial charge in [0, 0.05) is 18.9 Å². The SMILES string of the molecule is C#CCC(CC)NS(=O)(=O)c1cnc(CC)[nH]1. The minimum atomic E-state index is -3.55. The lowest BCUT2D eigenvalue weighted by Gasteiger charge is -2.13. The van der Waals surface area contributed by atoms with Gasteiger partial charge in [0.05, 0.1) is 6.20 Å². The number of nitrogens with one attached hydrogen (secondary N) is 2. The van der Waals surface area contributed by atoms with E-state index in [0.717, 1.165) is 0 Å². The zero-order chi connectivity index (χ0) is 12.9. The Kier molecular flexibility index (Phi) is 4.73. The van der Waals surface area contributed by atoms with E-state index in [1.807, 2.05) is 13.8 Å². The average molecular weight is 255 g/mol. The van der Waals surface area contributed by atoms with Crippen LogP contribution in [0.3, 0.4) is 0 Å². The summed E-state index contributed by atoms with van der Waals surface area (Å²) in [6.07, 6.45) is 8.20. The van der Waals surface area contributed by atoms with E-state index in [1.54, 1.807) is 0 Å². The minimum Gasteiger partial charge on any atom is -0.332 e. The topological polar surface area (TPSA) is 74.8 Å². The first-order chi connectivity index (χ1) is 8.03. The molecule has 1 heterocycles. The van der Waals surface area contributed by atoms with E-state index in [-0.39, 0.29) is 11.1 Å². The maximum absolute atomic E-state index is 12.0. The van der Waals surface area contributed by atoms with Crippen LogP contribution in [0.2, 0.25) is 0 Å². The van der Waals surface area contributed by atoms with Crippen molar-refractivity contribution in [3.63, 3.8) is 0 Å². The Morgan fingerprint density at radius 3 is 2.76 bits per heavy atom. The van der Waals surface area contributed by atoms with Gasteiger partial charge in [-0.25, -0.2) is 18.1 Å². The lowest BCUT2D eigenvalue weighted by molar-refractivity contribution is 0.541. The number of hydrogen-bond donors (Lipinski definition) is 2. The molecule has 0 saturated heterocycles. The molecule has 1 unspecified atom stereocenters. The van der Waals surface area contributed by atoms with Crippen molar-refractivity contribution in [3.05, 3.63) is 12.0 Å². The van der Waals surface area contributed by atoms with Crippen LogP contribution < -0.4 is 4.72 Å². The van der Waals surface area contributed by atoms with Gasteiger partial charge in [-0.1, -0.05) is 13.8 Å². The summed E-state index contributed by atoms with van der Waals surface area (Å²) in [6, 6.07) is -0.238. The molecule has 2 N–H and O–H groups in total. The number of aromatic amines is 1. The molecule has 0 spiro atoms. The fourth-order valence-corrected chi connectivity index (χ4v) is 2.61. The Bertz CT molecular complexity index is 499. The number of nitrogens with zero attached hydrogens (tertiary/aromatic N) is 1. The van der Waals surface area contributed by atoms with E-state index < -0.39 is 10.0 Å². The van der Waals surface area contributed by atoms with E-state index in [9.17, 15) is 8.42 Å². The molecule has 1 aromatic rings.